The SMILES string of the molecule is CC1CN2CCCCC2CN1C(=O)c1ncccc1N. The first-order valence-corrected chi connectivity index (χ1v) is 7.42. The molecule has 1 amide bonds. The smallest absolute Gasteiger partial charge is 0.274 e. The zero-order valence-corrected chi connectivity index (χ0v) is 12.0. The van der Waals surface area contributed by atoms with Gasteiger partial charge in [-0.25, -0.2) is 4.98 Å². The molecule has 5 nitrogen and oxygen atoms in total. The van der Waals surface area contributed by atoms with Gasteiger partial charge in [-0.3, -0.25) is 9.69 Å². The van der Waals surface area contributed by atoms with Crippen molar-refractivity contribution in [2.45, 2.75) is 38.3 Å². The molecule has 3 rings (SSSR count). The van der Waals surface area contributed by atoms with Gasteiger partial charge in [0, 0.05) is 31.4 Å². The summed E-state index contributed by atoms with van der Waals surface area (Å²) in [5.74, 6) is -0.0270. The Morgan fingerprint density at radius 3 is 3.05 bits per heavy atom. The molecule has 2 N–H and O–H groups in total. The molecule has 0 saturated carbocycles. The minimum Gasteiger partial charge on any atom is -0.397 e. The average Bonchev–Trinajstić information content (AvgIpc) is 2.46. The number of nitrogens with zero attached hydrogens (tertiary/aromatic N) is 3. The first-order chi connectivity index (χ1) is 9.66. The first-order valence-electron chi connectivity index (χ1n) is 7.42. The van der Waals surface area contributed by atoms with Gasteiger partial charge >= 0.3 is 0 Å². The second-order valence-corrected chi connectivity index (χ2v) is 5.89. The molecule has 0 aromatic carbocycles. The number of hydrogen-bond acceptors (Lipinski definition) is 4. The van der Waals surface area contributed by atoms with Gasteiger partial charge in [0.05, 0.1) is 5.69 Å². The van der Waals surface area contributed by atoms with Crippen molar-refractivity contribution in [3.05, 3.63) is 24.0 Å². The van der Waals surface area contributed by atoms with Crippen LogP contribution < -0.4 is 5.73 Å². The molecule has 20 heavy (non-hydrogen) atoms. The van der Waals surface area contributed by atoms with Gasteiger partial charge in [0.2, 0.25) is 0 Å². The van der Waals surface area contributed by atoms with Crippen LogP contribution in [0.4, 0.5) is 5.69 Å². The zero-order valence-electron chi connectivity index (χ0n) is 12.0. The Labute approximate surface area is 119 Å². The average molecular weight is 274 g/mol. The van der Waals surface area contributed by atoms with Crippen LogP contribution >= 0.6 is 0 Å². The second kappa shape index (κ2) is 5.40. The molecule has 0 radical (unpaired) electrons. The summed E-state index contributed by atoms with van der Waals surface area (Å²) in [6.07, 6.45) is 5.37. The molecule has 0 spiro atoms. The fraction of sp³-hybridized carbons (Fsp3) is 0.600. The van der Waals surface area contributed by atoms with Gasteiger partial charge in [-0.1, -0.05) is 6.42 Å². The maximum atomic E-state index is 12.7. The van der Waals surface area contributed by atoms with E-state index in [4.69, 9.17) is 5.73 Å². The van der Waals surface area contributed by atoms with Crippen molar-refractivity contribution in [2.75, 3.05) is 25.4 Å². The summed E-state index contributed by atoms with van der Waals surface area (Å²) >= 11 is 0. The highest BCUT2D eigenvalue weighted by atomic mass is 16.2. The number of amides is 1. The fourth-order valence-corrected chi connectivity index (χ4v) is 3.37. The summed E-state index contributed by atoms with van der Waals surface area (Å²) in [5.41, 5.74) is 6.75. The van der Waals surface area contributed by atoms with Crippen LogP contribution in [-0.4, -0.2) is 52.4 Å². The van der Waals surface area contributed by atoms with Crippen LogP contribution in [0.5, 0.6) is 0 Å². The molecule has 3 heterocycles. The van der Waals surface area contributed by atoms with Crippen LogP contribution in [0.25, 0.3) is 0 Å². The van der Waals surface area contributed by atoms with E-state index < -0.39 is 0 Å². The van der Waals surface area contributed by atoms with Crippen molar-refractivity contribution in [3.63, 3.8) is 0 Å². The summed E-state index contributed by atoms with van der Waals surface area (Å²) in [6.45, 7) is 5.05. The molecule has 108 valence electrons. The lowest BCUT2D eigenvalue weighted by Gasteiger charge is -2.47. The van der Waals surface area contributed by atoms with Gasteiger partial charge in [-0.15, -0.1) is 0 Å². The molecule has 2 fully saturated rings. The van der Waals surface area contributed by atoms with Crippen molar-refractivity contribution < 1.29 is 4.79 Å². The normalized spacial score (nSPS) is 27.1. The zero-order chi connectivity index (χ0) is 14.1. The number of fused-ring (bicyclic) bond motifs is 1. The Hall–Kier alpha value is -1.62. The molecule has 5 heteroatoms. The van der Waals surface area contributed by atoms with E-state index in [0.717, 1.165) is 13.1 Å². The summed E-state index contributed by atoms with van der Waals surface area (Å²) < 4.78 is 0. The monoisotopic (exact) mass is 274 g/mol. The van der Waals surface area contributed by atoms with E-state index >= 15 is 0 Å². The van der Waals surface area contributed by atoms with Crippen LogP contribution in [0.2, 0.25) is 0 Å². The fourth-order valence-electron chi connectivity index (χ4n) is 3.37. The van der Waals surface area contributed by atoms with Crippen molar-refractivity contribution in [1.29, 1.82) is 0 Å². The van der Waals surface area contributed by atoms with Gasteiger partial charge < -0.3 is 10.6 Å². The minimum absolute atomic E-state index is 0.0270. The summed E-state index contributed by atoms with van der Waals surface area (Å²) in [7, 11) is 0. The maximum Gasteiger partial charge on any atom is 0.274 e. The molecule has 0 aliphatic carbocycles. The lowest BCUT2D eigenvalue weighted by atomic mass is 9.97. The molecule has 2 aliphatic rings. The van der Waals surface area contributed by atoms with Crippen LogP contribution in [0, 0.1) is 0 Å². The number of rotatable bonds is 1. The van der Waals surface area contributed by atoms with E-state index in [1.165, 1.54) is 25.8 Å². The van der Waals surface area contributed by atoms with E-state index in [2.05, 4.69) is 16.8 Å². The molecule has 1 aromatic heterocycles. The summed E-state index contributed by atoms with van der Waals surface area (Å²) in [5, 5.41) is 0. The van der Waals surface area contributed by atoms with Gasteiger partial charge in [0.1, 0.15) is 0 Å². The molecule has 0 bridgehead atoms. The van der Waals surface area contributed by atoms with Gasteiger partial charge in [-0.2, -0.15) is 0 Å². The molecule has 1 aromatic rings. The third kappa shape index (κ3) is 2.38. The van der Waals surface area contributed by atoms with E-state index in [1.54, 1.807) is 18.3 Å². The number of piperidine rings is 1. The number of anilines is 1. The molecule has 2 saturated heterocycles. The number of hydrogen-bond donors (Lipinski definition) is 1. The minimum atomic E-state index is -0.0270. The van der Waals surface area contributed by atoms with Gasteiger partial charge in [-0.05, 0) is 38.4 Å². The third-order valence-electron chi connectivity index (χ3n) is 4.49. The van der Waals surface area contributed by atoms with Crippen LogP contribution in [0.3, 0.4) is 0 Å². The Bertz CT molecular complexity index is 504. The molecular formula is C15H22N4O. The number of carbonyl (C=O) groups is 1. The summed E-state index contributed by atoms with van der Waals surface area (Å²) in [4.78, 5) is 21.3. The highest BCUT2D eigenvalue weighted by molar-refractivity contribution is 5.97. The molecular weight excluding hydrogens is 252 g/mol. The van der Waals surface area contributed by atoms with Crippen molar-refractivity contribution >= 4 is 11.6 Å². The Balaban J connectivity index is 1.79. The van der Waals surface area contributed by atoms with E-state index in [9.17, 15) is 4.79 Å². The van der Waals surface area contributed by atoms with E-state index in [1.807, 2.05) is 4.90 Å². The number of carbonyl (C=O) groups excluding carboxylic acids is 1. The predicted octanol–water partition coefficient (Wildman–Crippen LogP) is 1.36. The lowest BCUT2D eigenvalue weighted by molar-refractivity contribution is 0.0149. The standard InChI is InChI=1S/C15H22N4O/c1-11-9-18-8-3-2-5-12(18)10-19(11)15(20)14-13(16)6-4-7-17-14/h4,6-7,11-12H,2-3,5,8-10,16H2,1H3. The second-order valence-electron chi connectivity index (χ2n) is 5.89. The molecule has 2 unspecified atom stereocenters. The predicted molar refractivity (Wildman–Crippen MR) is 78.4 cm³/mol. The molecule has 2 atom stereocenters. The topological polar surface area (TPSA) is 62.5 Å². The third-order valence-corrected chi connectivity index (χ3v) is 4.49. The maximum absolute atomic E-state index is 12.7. The number of piperazine rings is 1. The Morgan fingerprint density at radius 2 is 2.25 bits per heavy atom. The van der Waals surface area contributed by atoms with Gasteiger partial charge in [0.25, 0.3) is 5.91 Å². The largest absolute Gasteiger partial charge is 0.397 e. The van der Waals surface area contributed by atoms with E-state index in [0.29, 0.717) is 17.4 Å². The number of pyridine rings is 1. The van der Waals surface area contributed by atoms with Gasteiger partial charge in [0.15, 0.2) is 5.69 Å². The highest BCUT2D eigenvalue weighted by Crippen LogP contribution is 2.25. The van der Waals surface area contributed by atoms with E-state index in [-0.39, 0.29) is 11.9 Å². The highest BCUT2D eigenvalue weighted by Gasteiger charge is 2.36. The number of aromatic nitrogens is 1. The Morgan fingerprint density at radius 1 is 1.40 bits per heavy atom. The van der Waals surface area contributed by atoms with Crippen LogP contribution in [0.15, 0.2) is 18.3 Å². The van der Waals surface area contributed by atoms with Crippen molar-refractivity contribution in [2.24, 2.45) is 0 Å². The number of nitrogens with two attached hydrogens (primary N) is 1. The quantitative estimate of drug-likeness (QED) is 0.840. The number of nitrogen functional groups attached to an aromatic ring is 1. The van der Waals surface area contributed by atoms with Crippen LogP contribution in [0.1, 0.15) is 36.7 Å². The van der Waals surface area contributed by atoms with Crippen LogP contribution in [-0.2, 0) is 0 Å². The lowest BCUT2D eigenvalue weighted by Crippen LogP contribution is -2.60. The Kier molecular flexibility index (Phi) is 3.61. The van der Waals surface area contributed by atoms with Crippen molar-refractivity contribution in [1.82, 2.24) is 14.8 Å². The van der Waals surface area contributed by atoms with Crippen molar-refractivity contribution in [3.8, 4) is 0 Å². The molecule has 2 aliphatic heterocycles. The summed E-state index contributed by atoms with van der Waals surface area (Å²) in [6, 6.07) is 4.23. The first kappa shape index (κ1) is 13.4.